The van der Waals surface area contributed by atoms with E-state index in [1.807, 2.05) is 9.47 Å². The van der Waals surface area contributed by atoms with Gasteiger partial charge in [0.15, 0.2) is 0 Å². The number of aliphatic hydroxyl groups is 1. The van der Waals surface area contributed by atoms with E-state index in [1.165, 1.54) is 24.3 Å². The summed E-state index contributed by atoms with van der Waals surface area (Å²) in [7, 11) is -5.06. The van der Waals surface area contributed by atoms with Gasteiger partial charge in [-0.1, -0.05) is 67.3 Å². The summed E-state index contributed by atoms with van der Waals surface area (Å²) < 4.78 is 74.4. The summed E-state index contributed by atoms with van der Waals surface area (Å²) in [4.78, 5) is 15.9. The number of aliphatic hydroxyl groups excluding tert-OH is 1. The van der Waals surface area contributed by atoms with E-state index in [2.05, 4.69) is 0 Å². The smallest absolute Gasteiger partial charge is 0.390 e. The number of halogens is 4. The molecule has 1 aliphatic heterocycles. The first kappa shape index (κ1) is 29.6. The molecule has 2 heterocycles. The van der Waals surface area contributed by atoms with Gasteiger partial charge in [0.05, 0.1) is 35.0 Å². The molecule has 0 bridgehead atoms. The number of rotatable bonds is 7. The predicted octanol–water partition coefficient (Wildman–Crippen LogP) is 6.50. The minimum Gasteiger partial charge on any atom is -0.392 e. The lowest BCUT2D eigenvalue weighted by Crippen LogP contribution is -2.45. The number of nitrogens with zero attached hydrogens (tertiary/aromatic N) is 2. The molecule has 2 aromatic carbocycles. The van der Waals surface area contributed by atoms with Crippen molar-refractivity contribution in [2.75, 3.05) is 6.54 Å². The van der Waals surface area contributed by atoms with Crippen LogP contribution in [0.5, 0.6) is 0 Å². The molecule has 7 nitrogen and oxygen atoms in total. The summed E-state index contributed by atoms with van der Waals surface area (Å²) in [6, 6.07) is 12.4. The molecule has 41 heavy (non-hydrogen) atoms. The van der Waals surface area contributed by atoms with Crippen molar-refractivity contribution >= 4 is 27.6 Å². The summed E-state index contributed by atoms with van der Waals surface area (Å²) in [5.41, 5.74) is 2.62. The van der Waals surface area contributed by atoms with E-state index in [4.69, 9.17) is 11.6 Å². The Morgan fingerprint density at radius 2 is 1.68 bits per heavy atom. The second-order valence-corrected chi connectivity index (χ2v) is 12.6. The topological polar surface area (TPSA) is 99.8 Å². The molecule has 1 atom stereocenters. The number of para-hydroxylation sites is 1. The molecule has 1 aromatic heterocycles. The third-order valence-electron chi connectivity index (χ3n) is 8.03. The molecule has 5 rings (SSSR count). The minimum absolute atomic E-state index is 0.119. The first-order valence-electron chi connectivity index (χ1n) is 13.5. The van der Waals surface area contributed by atoms with Crippen molar-refractivity contribution in [3.63, 3.8) is 0 Å². The van der Waals surface area contributed by atoms with Gasteiger partial charge in [-0.3, -0.25) is 9.35 Å². The van der Waals surface area contributed by atoms with Crippen LogP contribution in [-0.2, 0) is 23.1 Å². The van der Waals surface area contributed by atoms with Gasteiger partial charge in [-0.2, -0.15) is 21.6 Å². The summed E-state index contributed by atoms with van der Waals surface area (Å²) in [6.45, 7) is 0.0184. The maximum atomic E-state index is 14.0. The Bertz CT molecular complexity index is 1550. The molecule has 2 N–H and O–H groups in total. The zero-order chi connectivity index (χ0) is 29.5. The van der Waals surface area contributed by atoms with Crippen LogP contribution in [-0.4, -0.2) is 52.2 Å². The van der Waals surface area contributed by atoms with E-state index in [9.17, 15) is 36.0 Å². The lowest BCUT2D eigenvalue weighted by atomic mass is 9.91. The third kappa shape index (κ3) is 5.90. The molecule has 12 heteroatoms. The summed E-state index contributed by atoms with van der Waals surface area (Å²) in [5.74, 6) is -0.178. The van der Waals surface area contributed by atoms with Crippen molar-refractivity contribution in [2.45, 2.75) is 69.0 Å². The van der Waals surface area contributed by atoms with E-state index in [0.29, 0.717) is 51.8 Å². The molecule has 1 saturated carbocycles. The summed E-state index contributed by atoms with van der Waals surface area (Å²) >= 11 is 6.60. The maximum Gasteiger partial charge on any atom is 0.390 e. The van der Waals surface area contributed by atoms with Gasteiger partial charge in [-0.05, 0) is 36.1 Å². The average Bonchev–Trinajstić information content (AvgIpc) is 3.27. The molecule has 1 unspecified atom stereocenters. The molecule has 1 amide bonds. The third-order valence-corrected chi connectivity index (χ3v) is 9.51. The first-order valence-corrected chi connectivity index (χ1v) is 15.4. The van der Waals surface area contributed by atoms with E-state index < -0.39 is 34.6 Å². The van der Waals surface area contributed by atoms with Gasteiger partial charge in [0.25, 0.3) is 16.0 Å². The second-order valence-electron chi connectivity index (χ2n) is 10.6. The lowest BCUT2D eigenvalue weighted by molar-refractivity contribution is -0.135. The van der Waals surface area contributed by atoms with Gasteiger partial charge in [0.1, 0.15) is 5.25 Å². The first-order chi connectivity index (χ1) is 19.4. The number of carbonyl (C=O) groups excluding carboxylic acids is 1. The molecule has 1 aliphatic carbocycles. The second kappa shape index (κ2) is 11.4. The van der Waals surface area contributed by atoms with Crippen LogP contribution in [0, 0.1) is 0 Å². The van der Waals surface area contributed by atoms with E-state index >= 15 is 0 Å². The van der Waals surface area contributed by atoms with Crippen LogP contribution >= 0.6 is 11.6 Å². The lowest BCUT2D eigenvalue weighted by Gasteiger charge is -2.37. The van der Waals surface area contributed by atoms with Crippen molar-refractivity contribution < 1.29 is 36.0 Å². The predicted molar refractivity (Wildman–Crippen MR) is 149 cm³/mol. The van der Waals surface area contributed by atoms with Crippen LogP contribution in [0.15, 0.2) is 48.5 Å². The molecular formula is C29H30ClF3N2O5S. The van der Waals surface area contributed by atoms with E-state index in [1.54, 1.807) is 24.3 Å². The number of benzene rings is 2. The molecule has 2 aliphatic rings. The van der Waals surface area contributed by atoms with Gasteiger partial charge in [0, 0.05) is 30.3 Å². The van der Waals surface area contributed by atoms with Crippen molar-refractivity contribution in [2.24, 2.45) is 0 Å². The normalized spacial score (nSPS) is 17.5. The molecule has 0 saturated heterocycles. The van der Waals surface area contributed by atoms with Crippen molar-refractivity contribution in [1.29, 1.82) is 0 Å². The van der Waals surface area contributed by atoms with Crippen LogP contribution < -0.4 is 0 Å². The zero-order valence-electron chi connectivity index (χ0n) is 22.1. The van der Waals surface area contributed by atoms with Gasteiger partial charge < -0.3 is 14.6 Å². The largest absolute Gasteiger partial charge is 0.392 e. The van der Waals surface area contributed by atoms with Crippen molar-refractivity contribution in [3.05, 3.63) is 75.9 Å². The highest BCUT2D eigenvalue weighted by atomic mass is 35.5. The summed E-state index contributed by atoms with van der Waals surface area (Å²) in [5, 5.41) is 8.81. The maximum absolute atomic E-state index is 14.0. The van der Waals surface area contributed by atoms with Crippen molar-refractivity contribution in [3.8, 4) is 16.9 Å². The van der Waals surface area contributed by atoms with Gasteiger partial charge in [-0.15, -0.1) is 0 Å². The van der Waals surface area contributed by atoms with E-state index in [0.717, 1.165) is 32.1 Å². The van der Waals surface area contributed by atoms with Gasteiger partial charge in [0.2, 0.25) is 0 Å². The Hall–Kier alpha value is -2.86. The van der Waals surface area contributed by atoms with Crippen LogP contribution in [0.25, 0.3) is 16.9 Å². The summed E-state index contributed by atoms with van der Waals surface area (Å²) in [6.07, 6.45) is -1.00. The number of hydrogen-bond acceptors (Lipinski definition) is 4. The number of fused-ring (bicyclic) bond motifs is 1. The Kier molecular flexibility index (Phi) is 8.26. The van der Waals surface area contributed by atoms with E-state index in [-0.39, 0.29) is 17.5 Å². The molecule has 0 radical (unpaired) electrons. The number of aromatic nitrogens is 1. The number of hydrogen-bond donors (Lipinski definition) is 2. The van der Waals surface area contributed by atoms with Crippen molar-refractivity contribution in [1.82, 2.24) is 9.47 Å². The number of amides is 1. The van der Waals surface area contributed by atoms with Crippen LogP contribution in [0.2, 0.25) is 5.02 Å². The minimum atomic E-state index is -5.06. The van der Waals surface area contributed by atoms with Crippen LogP contribution in [0.1, 0.15) is 71.0 Å². The Morgan fingerprint density at radius 1 is 1.02 bits per heavy atom. The monoisotopic (exact) mass is 610 g/mol. The Morgan fingerprint density at radius 3 is 2.27 bits per heavy atom. The highest BCUT2D eigenvalue weighted by molar-refractivity contribution is 7.86. The quantitative estimate of drug-likeness (QED) is 0.297. The standard InChI is InChI=1S/C29H30ClF3N2O5S/c30-22-8-4-5-9-23(22)35-24-14-15-34(20-6-2-1-3-7-20)28(37)26(24)21(17-36)27(35)19-12-10-18(11-13-19)25(41(38,39)40)16-29(31,32)33/h4-5,8-13,20,25,36H,1-3,6-7,14-17H2,(H,38,39,40). The number of carbonyl (C=O) groups is 1. The fourth-order valence-corrected chi connectivity index (χ4v) is 7.31. The average molecular weight is 611 g/mol. The highest BCUT2D eigenvalue weighted by Gasteiger charge is 2.40. The number of alkyl halides is 3. The molecule has 1 fully saturated rings. The highest BCUT2D eigenvalue weighted by Crippen LogP contribution is 2.42. The van der Waals surface area contributed by atoms with Crippen LogP contribution in [0.4, 0.5) is 13.2 Å². The Balaban J connectivity index is 1.66. The zero-order valence-corrected chi connectivity index (χ0v) is 23.6. The fraction of sp³-hybridized carbons (Fsp3) is 0.414. The fourth-order valence-electron chi connectivity index (χ4n) is 6.19. The molecular weight excluding hydrogens is 581 g/mol. The molecule has 220 valence electrons. The molecule has 0 spiro atoms. The Labute approximate surface area is 241 Å². The van der Waals surface area contributed by atoms with Gasteiger partial charge in [-0.25, -0.2) is 0 Å². The molecule has 3 aromatic rings. The van der Waals surface area contributed by atoms with Crippen LogP contribution in [0.3, 0.4) is 0 Å². The SMILES string of the molecule is O=C1c2c(CO)c(-c3ccc(C(CC(F)(F)F)S(=O)(=O)O)cc3)n(-c3ccccc3Cl)c2CCN1C1CCCCC1. The van der Waals surface area contributed by atoms with Gasteiger partial charge >= 0.3 is 6.18 Å².